The number of aliphatic carboxylic acids is 3. The van der Waals surface area contributed by atoms with Gasteiger partial charge in [-0.15, -0.1) is 0 Å². The third kappa shape index (κ3) is 19.2. The van der Waals surface area contributed by atoms with Gasteiger partial charge < -0.3 is 63.3 Å². The molecule has 1 heterocycles. The lowest BCUT2D eigenvalue weighted by molar-refractivity contribution is -0.143. The van der Waals surface area contributed by atoms with Crippen LogP contribution in [0.25, 0.3) is 10.9 Å². The molecule has 3 aromatic carbocycles. The number of carboxylic acid groups (broad SMARTS) is 3. The number of aromatic nitrogens is 1. The topological polar surface area (TPSA) is 357 Å². The quantitative estimate of drug-likeness (QED) is 0.0344. The highest BCUT2D eigenvalue weighted by atomic mass is 16.4. The maximum Gasteiger partial charge on any atom is 0.326 e. The number of aromatic amines is 1. The van der Waals surface area contributed by atoms with Gasteiger partial charge >= 0.3 is 17.9 Å². The number of para-hydroxylation sites is 1. The molecule has 0 aliphatic carbocycles. The van der Waals surface area contributed by atoms with Gasteiger partial charge in [0.1, 0.15) is 42.3 Å². The van der Waals surface area contributed by atoms with Crippen molar-refractivity contribution in [3.63, 3.8) is 0 Å². The summed E-state index contributed by atoms with van der Waals surface area (Å²) in [6, 6.07) is 13.4. The second kappa shape index (κ2) is 29.8. The molecule has 0 saturated carbocycles. The van der Waals surface area contributed by atoms with Gasteiger partial charge in [-0.3, -0.25) is 43.2 Å². The van der Waals surface area contributed by atoms with Gasteiger partial charge in [-0.25, -0.2) is 4.79 Å². The summed E-state index contributed by atoms with van der Waals surface area (Å²) in [5.41, 5.74) is 8.52. The zero-order valence-electron chi connectivity index (χ0n) is 44.2. The molecular weight excluding hydrogens is 995 g/mol. The smallest absolute Gasteiger partial charge is 0.326 e. The average Bonchev–Trinajstić information content (AvgIpc) is 3.80. The number of carbonyl (C=O) groups excluding carboxylic acids is 7. The second-order valence-electron chi connectivity index (χ2n) is 19.8. The van der Waals surface area contributed by atoms with Crippen molar-refractivity contribution in [2.45, 2.75) is 141 Å². The lowest BCUT2D eigenvalue weighted by Crippen LogP contribution is -2.62. The number of carbonyl (C=O) groups is 10. The van der Waals surface area contributed by atoms with Gasteiger partial charge in [0.25, 0.3) is 0 Å². The summed E-state index contributed by atoms with van der Waals surface area (Å²) < 4.78 is 0. The van der Waals surface area contributed by atoms with Gasteiger partial charge in [-0.05, 0) is 53.4 Å². The monoisotopic (exact) mass is 1070 g/mol. The van der Waals surface area contributed by atoms with Crippen LogP contribution < -0.4 is 43.0 Å². The van der Waals surface area contributed by atoms with E-state index in [1.54, 1.807) is 114 Å². The molecule has 4 rings (SSSR count). The molecule has 0 fully saturated rings. The van der Waals surface area contributed by atoms with Gasteiger partial charge in [-0.1, -0.05) is 127 Å². The van der Waals surface area contributed by atoms with E-state index in [2.05, 4.69) is 42.2 Å². The van der Waals surface area contributed by atoms with Crippen LogP contribution >= 0.6 is 0 Å². The third-order valence-corrected chi connectivity index (χ3v) is 13.1. The molecule has 4 aromatic rings. The van der Waals surface area contributed by atoms with E-state index in [1.165, 1.54) is 0 Å². The van der Waals surface area contributed by atoms with Gasteiger partial charge in [0.15, 0.2) is 0 Å². The second-order valence-corrected chi connectivity index (χ2v) is 19.8. The summed E-state index contributed by atoms with van der Waals surface area (Å²) in [4.78, 5) is 137. The van der Waals surface area contributed by atoms with E-state index in [1.807, 2.05) is 18.2 Å². The van der Waals surface area contributed by atoms with Crippen LogP contribution in [0.3, 0.4) is 0 Å². The molecule has 77 heavy (non-hydrogen) atoms. The summed E-state index contributed by atoms with van der Waals surface area (Å²) in [5.74, 6) is -11.4. The molecular formula is C55H73N9O13. The largest absolute Gasteiger partial charge is 0.481 e. The predicted octanol–water partition coefficient (Wildman–Crippen LogP) is 2.09. The number of H-pyrrole nitrogens is 1. The minimum Gasteiger partial charge on any atom is -0.481 e. The molecule has 0 unspecified atom stereocenters. The van der Waals surface area contributed by atoms with Gasteiger partial charge in [0.2, 0.25) is 41.4 Å². The minimum atomic E-state index is -1.60. The van der Waals surface area contributed by atoms with Crippen molar-refractivity contribution in [2.24, 2.45) is 23.5 Å². The Balaban J connectivity index is 1.59. The summed E-state index contributed by atoms with van der Waals surface area (Å²) >= 11 is 0. The lowest BCUT2D eigenvalue weighted by Gasteiger charge is -2.30. The van der Waals surface area contributed by atoms with Crippen LogP contribution in [-0.2, 0) is 67.2 Å². The summed E-state index contributed by atoms with van der Waals surface area (Å²) in [7, 11) is 0. The number of nitrogens with one attached hydrogen (secondary N) is 8. The molecule has 22 heteroatoms. The number of amides is 7. The Morgan fingerprint density at radius 3 is 1.40 bits per heavy atom. The summed E-state index contributed by atoms with van der Waals surface area (Å²) in [6.45, 7) is 9.97. The van der Waals surface area contributed by atoms with Gasteiger partial charge in [-0.2, -0.15) is 0 Å². The van der Waals surface area contributed by atoms with Crippen LogP contribution in [0.1, 0.15) is 90.3 Å². The predicted molar refractivity (Wildman–Crippen MR) is 284 cm³/mol. The number of fused-ring (bicyclic) bond motifs is 1. The lowest BCUT2D eigenvalue weighted by atomic mass is 9.95. The normalized spacial score (nSPS) is 14.8. The molecule has 0 spiro atoms. The van der Waals surface area contributed by atoms with E-state index in [-0.39, 0.29) is 32.1 Å². The van der Waals surface area contributed by atoms with Crippen molar-refractivity contribution in [3.8, 4) is 0 Å². The standard InChI is InChI=1S/C55H73N9O13/c1-7-32(6)47(54(75)61-42(55(76)77)28-35-29-57-38-21-15-14-20-36(35)38)64-53(74)46(31(4)5)63-49(70)39(23-25-44(67)68)58-50(71)40(26-33-16-10-8-11-17-33)59-51(72)41(27-34-18-12-9-13-19-34)60-52(73)45(30(2)3)62-48(69)37(56)22-24-43(65)66/h8-21,29-32,37,39-42,45-47,57H,7,22-28,56H2,1-6H3,(H,58,71)(H,59,72)(H,60,73)(H,61,75)(H,62,69)(H,63,70)(H,64,74)(H,65,66)(H,67,68)(H,76,77)/t32-,37-,39-,40-,41-,42-,45-,46-,47-/m0/s1. The van der Waals surface area contributed by atoms with E-state index < -0.39 is 138 Å². The first-order valence-corrected chi connectivity index (χ1v) is 25.7. The molecule has 0 aliphatic rings. The number of hydrogen-bond donors (Lipinski definition) is 12. The third-order valence-electron chi connectivity index (χ3n) is 13.1. The Labute approximate surface area is 446 Å². The number of carboxylic acids is 3. The van der Waals surface area contributed by atoms with E-state index in [4.69, 9.17) is 10.8 Å². The molecule has 0 aliphatic heterocycles. The fourth-order valence-electron chi connectivity index (χ4n) is 8.38. The fraction of sp³-hybridized carbons (Fsp3) is 0.455. The Morgan fingerprint density at radius 1 is 0.481 bits per heavy atom. The maximum atomic E-state index is 14.5. The van der Waals surface area contributed by atoms with Gasteiger partial charge in [0, 0.05) is 49.2 Å². The molecule has 1 aromatic heterocycles. The first-order valence-electron chi connectivity index (χ1n) is 25.7. The number of nitrogens with two attached hydrogens (primary N) is 1. The minimum absolute atomic E-state index is 0.0728. The molecule has 0 saturated heterocycles. The highest BCUT2D eigenvalue weighted by Gasteiger charge is 2.37. The van der Waals surface area contributed by atoms with Crippen molar-refractivity contribution >= 4 is 70.2 Å². The van der Waals surface area contributed by atoms with Crippen LogP contribution in [0, 0.1) is 17.8 Å². The van der Waals surface area contributed by atoms with Crippen LogP contribution in [0.5, 0.6) is 0 Å². The maximum absolute atomic E-state index is 14.5. The number of hydrogen-bond acceptors (Lipinski definition) is 11. The fourth-order valence-corrected chi connectivity index (χ4v) is 8.38. The van der Waals surface area contributed by atoms with Crippen molar-refractivity contribution in [2.75, 3.05) is 0 Å². The Morgan fingerprint density at radius 2 is 0.896 bits per heavy atom. The molecule has 7 amide bonds. The first kappa shape index (κ1) is 61.4. The van der Waals surface area contributed by atoms with Crippen molar-refractivity contribution in [1.29, 1.82) is 0 Å². The summed E-state index contributed by atoms with van der Waals surface area (Å²) in [6.07, 6.45) is 0.0467. The zero-order valence-corrected chi connectivity index (χ0v) is 44.2. The Hall–Kier alpha value is -8.14. The molecule has 13 N–H and O–H groups in total. The van der Waals surface area contributed by atoms with Crippen molar-refractivity contribution < 1.29 is 63.3 Å². The number of benzene rings is 3. The average molecular weight is 1070 g/mol. The Kier molecular flexibility index (Phi) is 23.8. The number of rotatable bonds is 31. The van der Waals surface area contributed by atoms with Crippen molar-refractivity contribution in [3.05, 3.63) is 108 Å². The van der Waals surface area contributed by atoms with E-state index >= 15 is 0 Å². The van der Waals surface area contributed by atoms with Crippen LogP contribution in [0.15, 0.2) is 91.1 Å². The van der Waals surface area contributed by atoms with Crippen LogP contribution in [0.4, 0.5) is 0 Å². The first-order chi connectivity index (χ1) is 36.5. The molecule has 0 bridgehead atoms. The summed E-state index contributed by atoms with van der Waals surface area (Å²) in [5, 5.41) is 48.1. The SMILES string of the molecule is CC[C@H](C)[C@H](NC(=O)[C@@H](NC(=O)[C@H](CCC(=O)O)NC(=O)[C@H](Cc1ccccc1)NC(=O)[C@H](Cc1ccccc1)NC(=O)[C@@H](NC(=O)[C@@H](N)CCC(=O)O)C(C)C)C(C)C)C(=O)N[C@@H](Cc1c[nH]c2ccccc12)C(=O)O. The highest BCUT2D eigenvalue weighted by molar-refractivity contribution is 5.98. The van der Waals surface area contributed by atoms with Crippen molar-refractivity contribution in [1.82, 2.24) is 42.2 Å². The van der Waals surface area contributed by atoms with E-state index in [0.29, 0.717) is 23.1 Å². The van der Waals surface area contributed by atoms with Crippen LogP contribution in [-0.4, -0.2) is 128 Å². The van der Waals surface area contributed by atoms with Gasteiger partial charge in [0.05, 0.1) is 6.04 Å². The molecule has 22 nitrogen and oxygen atoms in total. The molecule has 0 radical (unpaired) electrons. The highest BCUT2D eigenvalue weighted by Crippen LogP contribution is 2.20. The zero-order chi connectivity index (χ0) is 56.9. The Bertz CT molecular complexity index is 2680. The van der Waals surface area contributed by atoms with E-state index in [9.17, 15) is 58.2 Å². The van der Waals surface area contributed by atoms with E-state index in [0.717, 1.165) is 10.9 Å². The molecule has 416 valence electrons. The van der Waals surface area contributed by atoms with Crippen LogP contribution in [0.2, 0.25) is 0 Å². The molecule has 9 atom stereocenters.